The van der Waals surface area contributed by atoms with Crippen molar-refractivity contribution >= 4 is 29.0 Å². The van der Waals surface area contributed by atoms with Gasteiger partial charge in [0.2, 0.25) is 0 Å². The van der Waals surface area contributed by atoms with Gasteiger partial charge in [-0.1, -0.05) is 6.07 Å². The van der Waals surface area contributed by atoms with Gasteiger partial charge in [-0.25, -0.2) is 4.98 Å². The molecular formula is C23H25N5O3. The number of pyridine rings is 1. The number of carbonyl (C=O) groups excluding carboxylic acids is 2. The third-order valence-electron chi connectivity index (χ3n) is 5.35. The predicted octanol–water partition coefficient (Wildman–Crippen LogP) is 3.24. The number of nitrogens with zero attached hydrogens (tertiary/aromatic N) is 3. The molecular weight excluding hydrogens is 394 g/mol. The molecule has 160 valence electrons. The van der Waals surface area contributed by atoms with Crippen LogP contribution in [0, 0.1) is 6.92 Å². The van der Waals surface area contributed by atoms with Gasteiger partial charge in [-0.05, 0) is 55.9 Å². The molecule has 0 radical (unpaired) electrons. The highest BCUT2D eigenvalue weighted by molar-refractivity contribution is 6.06. The number of amides is 2. The largest absolute Gasteiger partial charge is 0.459 e. The first-order chi connectivity index (χ1) is 15.0. The van der Waals surface area contributed by atoms with Crippen LogP contribution in [0.25, 0.3) is 0 Å². The Balaban J connectivity index is 1.42. The molecule has 0 aliphatic carbocycles. The van der Waals surface area contributed by atoms with Crippen molar-refractivity contribution in [3.8, 4) is 0 Å². The molecule has 2 amide bonds. The zero-order valence-electron chi connectivity index (χ0n) is 17.6. The maximum atomic E-state index is 12.7. The number of likely N-dealkylation sites (N-methyl/N-ethyl adjacent to an activating group) is 1. The van der Waals surface area contributed by atoms with E-state index in [2.05, 4.69) is 32.5 Å². The molecule has 8 heteroatoms. The van der Waals surface area contributed by atoms with Crippen molar-refractivity contribution in [2.45, 2.75) is 6.92 Å². The summed E-state index contributed by atoms with van der Waals surface area (Å²) in [5.41, 5.74) is 2.85. The van der Waals surface area contributed by atoms with Gasteiger partial charge in [0.25, 0.3) is 11.8 Å². The van der Waals surface area contributed by atoms with Gasteiger partial charge in [0.05, 0.1) is 18.1 Å². The second-order valence-corrected chi connectivity index (χ2v) is 7.61. The first kappa shape index (κ1) is 20.6. The summed E-state index contributed by atoms with van der Waals surface area (Å²) in [6, 6.07) is 12.1. The van der Waals surface area contributed by atoms with E-state index in [0.717, 1.165) is 37.4 Å². The Labute approximate surface area is 180 Å². The number of hydrogen-bond donors (Lipinski definition) is 2. The van der Waals surface area contributed by atoms with Crippen LogP contribution in [0.5, 0.6) is 0 Å². The molecule has 0 spiro atoms. The lowest BCUT2D eigenvalue weighted by Gasteiger charge is -2.33. The number of piperazine rings is 1. The Kier molecular flexibility index (Phi) is 5.99. The second-order valence-electron chi connectivity index (χ2n) is 7.61. The standard InChI is InChI=1S/C23H25N5O3/c1-16-5-6-17(14-19(16)25-23(30)20-4-3-13-31-20)22(29)26-21-8-7-18(15-24-21)28-11-9-27(2)10-12-28/h3-8,13-15H,9-12H2,1-2H3,(H,25,30)(H,24,26,29). The maximum absolute atomic E-state index is 12.7. The van der Waals surface area contributed by atoms with Gasteiger partial charge >= 0.3 is 0 Å². The summed E-state index contributed by atoms with van der Waals surface area (Å²) in [5, 5.41) is 5.60. The highest BCUT2D eigenvalue weighted by Crippen LogP contribution is 2.20. The Morgan fingerprint density at radius 1 is 1.00 bits per heavy atom. The van der Waals surface area contributed by atoms with Crippen molar-refractivity contribution in [3.05, 3.63) is 71.8 Å². The summed E-state index contributed by atoms with van der Waals surface area (Å²) in [6.45, 7) is 5.81. The number of anilines is 3. The van der Waals surface area contributed by atoms with Crippen LogP contribution in [0.4, 0.5) is 17.2 Å². The first-order valence-corrected chi connectivity index (χ1v) is 10.2. The van der Waals surface area contributed by atoms with Crippen LogP contribution in [0.15, 0.2) is 59.3 Å². The van der Waals surface area contributed by atoms with E-state index in [9.17, 15) is 9.59 Å². The third kappa shape index (κ3) is 4.92. The quantitative estimate of drug-likeness (QED) is 0.660. The van der Waals surface area contributed by atoms with Crippen molar-refractivity contribution < 1.29 is 14.0 Å². The molecule has 0 atom stereocenters. The number of nitrogens with one attached hydrogen (secondary N) is 2. The van der Waals surface area contributed by atoms with E-state index < -0.39 is 0 Å². The predicted molar refractivity (Wildman–Crippen MR) is 120 cm³/mol. The molecule has 2 aromatic heterocycles. The van der Waals surface area contributed by atoms with E-state index in [0.29, 0.717) is 17.1 Å². The van der Waals surface area contributed by atoms with Crippen LogP contribution in [-0.2, 0) is 0 Å². The Morgan fingerprint density at radius 3 is 2.48 bits per heavy atom. The average molecular weight is 419 g/mol. The highest BCUT2D eigenvalue weighted by atomic mass is 16.3. The molecule has 1 aliphatic rings. The molecule has 0 saturated carbocycles. The molecule has 2 N–H and O–H groups in total. The summed E-state index contributed by atoms with van der Waals surface area (Å²) in [5.74, 6) is 0.0173. The fraction of sp³-hybridized carbons (Fsp3) is 0.261. The van der Waals surface area contributed by atoms with Gasteiger partial charge < -0.3 is 24.9 Å². The van der Waals surface area contributed by atoms with Crippen molar-refractivity contribution in [2.75, 3.05) is 48.8 Å². The normalized spacial score (nSPS) is 14.3. The van der Waals surface area contributed by atoms with Gasteiger partial charge in [0, 0.05) is 37.4 Å². The number of aryl methyl sites for hydroxylation is 1. The Hall–Kier alpha value is -3.65. The van der Waals surface area contributed by atoms with E-state index >= 15 is 0 Å². The van der Waals surface area contributed by atoms with Crippen molar-refractivity contribution in [2.24, 2.45) is 0 Å². The van der Waals surface area contributed by atoms with Crippen LogP contribution < -0.4 is 15.5 Å². The molecule has 0 bridgehead atoms. The van der Waals surface area contributed by atoms with Gasteiger partial charge in [-0.3, -0.25) is 9.59 Å². The third-order valence-corrected chi connectivity index (χ3v) is 5.35. The summed E-state index contributed by atoms with van der Waals surface area (Å²) in [4.78, 5) is 33.9. The summed E-state index contributed by atoms with van der Waals surface area (Å²) in [7, 11) is 2.12. The number of hydrogen-bond acceptors (Lipinski definition) is 6. The smallest absolute Gasteiger partial charge is 0.291 e. The number of benzene rings is 1. The Morgan fingerprint density at radius 2 is 1.81 bits per heavy atom. The molecule has 1 aromatic carbocycles. The summed E-state index contributed by atoms with van der Waals surface area (Å²) >= 11 is 0. The first-order valence-electron chi connectivity index (χ1n) is 10.2. The molecule has 4 rings (SSSR count). The topological polar surface area (TPSA) is 90.7 Å². The molecule has 31 heavy (non-hydrogen) atoms. The number of aromatic nitrogens is 1. The maximum Gasteiger partial charge on any atom is 0.291 e. The lowest BCUT2D eigenvalue weighted by Crippen LogP contribution is -2.44. The second kappa shape index (κ2) is 9.01. The lowest BCUT2D eigenvalue weighted by atomic mass is 10.1. The van der Waals surface area contributed by atoms with Crippen molar-refractivity contribution in [1.29, 1.82) is 0 Å². The van der Waals surface area contributed by atoms with Crippen LogP contribution in [0.1, 0.15) is 26.5 Å². The molecule has 1 saturated heterocycles. The van der Waals surface area contributed by atoms with E-state index in [4.69, 9.17) is 4.42 Å². The molecule has 8 nitrogen and oxygen atoms in total. The van der Waals surface area contributed by atoms with Crippen molar-refractivity contribution in [1.82, 2.24) is 9.88 Å². The highest BCUT2D eigenvalue weighted by Gasteiger charge is 2.16. The molecule has 3 aromatic rings. The van der Waals surface area contributed by atoms with E-state index in [-0.39, 0.29) is 17.6 Å². The number of carbonyl (C=O) groups is 2. The summed E-state index contributed by atoms with van der Waals surface area (Å²) < 4.78 is 5.12. The van der Waals surface area contributed by atoms with Crippen LogP contribution in [-0.4, -0.2) is 54.9 Å². The van der Waals surface area contributed by atoms with Crippen molar-refractivity contribution in [3.63, 3.8) is 0 Å². The fourth-order valence-corrected chi connectivity index (χ4v) is 3.39. The molecule has 3 heterocycles. The number of rotatable bonds is 5. The van der Waals surface area contributed by atoms with Crippen LogP contribution in [0.3, 0.4) is 0 Å². The zero-order valence-corrected chi connectivity index (χ0v) is 17.6. The fourth-order valence-electron chi connectivity index (χ4n) is 3.39. The lowest BCUT2D eigenvalue weighted by molar-refractivity contribution is 0.0993. The van der Waals surface area contributed by atoms with E-state index in [1.807, 2.05) is 13.0 Å². The molecule has 1 aliphatic heterocycles. The van der Waals surface area contributed by atoms with Crippen LogP contribution in [0.2, 0.25) is 0 Å². The zero-order chi connectivity index (χ0) is 21.8. The van der Waals surface area contributed by atoms with Gasteiger partial charge in [0.1, 0.15) is 5.82 Å². The SMILES string of the molecule is Cc1ccc(C(=O)Nc2ccc(N3CCN(C)CC3)cn2)cc1NC(=O)c1ccco1. The number of furan rings is 1. The minimum atomic E-state index is -0.369. The van der Waals surface area contributed by atoms with Gasteiger partial charge in [0.15, 0.2) is 5.76 Å². The van der Waals surface area contributed by atoms with E-state index in [1.165, 1.54) is 6.26 Å². The molecule has 1 fully saturated rings. The minimum absolute atomic E-state index is 0.207. The molecule has 0 unspecified atom stereocenters. The van der Waals surface area contributed by atoms with Crippen LogP contribution >= 0.6 is 0 Å². The van der Waals surface area contributed by atoms with Gasteiger partial charge in [-0.2, -0.15) is 0 Å². The summed E-state index contributed by atoms with van der Waals surface area (Å²) in [6.07, 6.45) is 3.22. The monoisotopic (exact) mass is 419 g/mol. The van der Waals surface area contributed by atoms with Gasteiger partial charge in [-0.15, -0.1) is 0 Å². The Bertz CT molecular complexity index is 1060. The van der Waals surface area contributed by atoms with E-state index in [1.54, 1.807) is 42.6 Å². The average Bonchev–Trinajstić information content (AvgIpc) is 3.31. The minimum Gasteiger partial charge on any atom is -0.459 e.